The maximum absolute atomic E-state index is 10.7. The first-order chi connectivity index (χ1) is 4.79. The van der Waals surface area contributed by atoms with Crippen LogP contribution in [0.15, 0.2) is 0 Å². The van der Waals surface area contributed by atoms with Gasteiger partial charge in [0.25, 0.3) is 0 Å². The molecule has 0 aromatic heterocycles. The van der Waals surface area contributed by atoms with Gasteiger partial charge in [-0.15, -0.1) is 0 Å². The standard InChI is InChI=1S/C6H12N2O2/c1-2-5-7-6(10)8(5)3-4-9/h5,9H,2-4H2,1H3,(H,7,10). The van der Waals surface area contributed by atoms with Crippen molar-refractivity contribution in [3.63, 3.8) is 0 Å². The van der Waals surface area contributed by atoms with Crippen LogP contribution in [0.5, 0.6) is 0 Å². The van der Waals surface area contributed by atoms with E-state index in [1.54, 1.807) is 4.90 Å². The molecular weight excluding hydrogens is 132 g/mol. The predicted octanol–water partition coefficient (Wildman–Crippen LogP) is -0.260. The number of amides is 2. The van der Waals surface area contributed by atoms with E-state index >= 15 is 0 Å². The zero-order valence-corrected chi connectivity index (χ0v) is 6.00. The zero-order chi connectivity index (χ0) is 7.56. The summed E-state index contributed by atoms with van der Waals surface area (Å²) in [6.45, 7) is 2.49. The lowest BCUT2D eigenvalue weighted by Crippen LogP contribution is -2.65. The fourth-order valence-corrected chi connectivity index (χ4v) is 1.07. The number of urea groups is 1. The number of hydrogen-bond acceptors (Lipinski definition) is 2. The lowest BCUT2D eigenvalue weighted by Gasteiger charge is -2.40. The van der Waals surface area contributed by atoms with Crippen molar-refractivity contribution in [3.05, 3.63) is 0 Å². The Morgan fingerprint density at radius 2 is 2.50 bits per heavy atom. The summed E-state index contributed by atoms with van der Waals surface area (Å²) in [5.74, 6) is 0. The second-order valence-corrected chi connectivity index (χ2v) is 2.29. The van der Waals surface area contributed by atoms with Gasteiger partial charge in [-0.05, 0) is 6.42 Å². The van der Waals surface area contributed by atoms with Crippen LogP contribution < -0.4 is 5.32 Å². The van der Waals surface area contributed by atoms with E-state index < -0.39 is 0 Å². The average Bonchev–Trinajstić information content (AvgIpc) is 1.95. The van der Waals surface area contributed by atoms with Crippen molar-refractivity contribution in [2.24, 2.45) is 0 Å². The van der Waals surface area contributed by atoms with Gasteiger partial charge in [0.2, 0.25) is 0 Å². The van der Waals surface area contributed by atoms with E-state index in [0.29, 0.717) is 6.54 Å². The van der Waals surface area contributed by atoms with Gasteiger partial charge in [-0.3, -0.25) is 0 Å². The van der Waals surface area contributed by atoms with Gasteiger partial charge in [-0.25, -0.2) is 4.79 Å². The Morgan fingerprint density at radius 3 is 2.90 bits per heavy atom. The van der Waals surface area contributed by atoms with Gasteiger partial charge in [0.15, 0.2) is 0 Å². The normalized spacial score (nSPS) is 24.0. The molecule has 1 heterocycles. The number of β-amino-alcohol motifs (C(OH)–C–C–N with tert-alkyl or cyclic N) is 1. The van der Waals surface area contributed by atoms with Crippen molar-refractivity contribution < 1.29 is 9.90 Å². The van der Waals surface area contributed by atoms with Crippen molar-refractivity contribution in [3.8, 4) is 0 Å². The molecule has 2 amide bonds. The maximum atomic E-state index is 10.7. The molecular formula is C6H12N2O2. The van der Waals surface area contributed by atoms with Crippen molar-refractivity contribution in [1.82, 2.24) is 10.2 Å². The van der Waals surface area contributed by atoms with Crippen LogP contribution in [0.3, 0.4) is 0 Å². The number of nitrogens with one attached hydrogen (secondary N) is 1. The Balaban J connectivity index is 2.32. The molecule has 1 saturated heterocycles. The fourth-order valence-electron chi connectivity index (χ4n) is 1.07. The van der Waals surface area contributed by atoms with E-state index in [2.05, 4.69) is 5.32 Å². The first-order valence-electron chi connectivity index (χ1n) is 3.47. The molecule has 1 aliphatic heterocycles. The second-order valence-electron chi connectivity index (χ2n) is 2.29. The van der Waals surface area contributed by atoms with Gasteiger partial charge in [-0.1, -0.05) is 6.92 Å². The van der Waals surface area contributed by atoms with Gasteiger partial charge < -0.3 is 15.3 Å². The van der Waals surface area contributed by atoms with Crippen LogP contribution in [0.25, 0.3) is 0 Å². The quantitative estimate of drug-likeness (QED) is 0.573. The highest BCUT2D eigenvalue weighted by atomic mass is 16.3. The van der Waals surface area contributed by atoms with E-state index in [9.17, 15) is 4.79 Å². The van der Waals surface area contributed by atoms with E-state index in [-0.39, 0.29) is 18.8 Å². The van der Waals surface area contributed by atoms with Crippen LogP contribution in [0, 0.1) is 0 Å². The summed E-state index contributed by atoms with van der Waals surface area (Å²) in [7, 11) is 0. The molecule has 4 heteroatoms. The van der Waals surface area contributed by atoms with Crippen LogP contribution in [-0.4, -0.2) is 35.4 Å². The molecule has 0 aromatic rings. The van der Waals surface area contributed by atoms with Crippen LogP contribution in [0.2, 0.25) is 0 Å². The topological polar surface area (TPSA) is 52.6 Å². The summed E-state index contributed by atoms with van der Waals surface area (Å²) in [5.41, 5.74) is 0. The summed E-state index contributed by atoms with van der Waals surface area (Å²) >= 11 is 0. The third kappa shape index (κ3) is 1.07. The Morgan fingerprint density at radius 1 is 1.80 bits per heavy atom. The van der Waals surface area contributed by atoms with Gasteiger partial charge in [-0.2, -0.15) is 0 Å². The van der Waals surface area contributed by atoms with Crippen molar-refractivity contribution in [1.29, 1.82) is 0 Å². The summed E-state index contributed by atoms with van der Waals surface area (Å²) in [4.78, 5) is 12.3. The Kier molecular flexibility index (Phi) is 2.11. The molecule has 1 fully saturated rings. The minimum absolute atomic E-state index is 0.0456. The second kappa shape index (κ2) is 2.88. The third-order valence-corrected chi connectivity index (χ3v) is 1.65. The molecule has 0 aromatic carbocycles. The predicted molar refractivity (Wildman–Crippen MR) is 36.4 cm³/mol. The highest BCUT2D eigenvalue weighted by molar-refractivity contribution is 5.80. The van der Waals surface area contributed by atoms with E-state index in [4.69, 9.17) is 5.11 Å². The number of carbonyl (C=O) groups is 1. The van der Waals surface area contributed by atoms with Crippen molar-refractivity contribution in [2.75, 3.05) is 13.2 Å². The number of rotatable bonds is 3. The number of hydrogen-bond donors (Lipinski definition) is 2. The lowest BCUT2D eigenvalue weighted by atomic mass is 10.2. The van der Waals surface area contributed by atoms with Gasteiger partial charge in [0, 0.05) is 6.54 Å². The Labute approximate surface area is 59.8 Å². The first kappa shape index (κ1) is 7.34. The zero-order valence-electron chi connectivity index (χ0n) is 6.00. The number of aliphatic hydroxyl groups is 1. The highest BCUT2D eigenvalue weighted by Crippen LogP contribution is 2.10. The fraction of sp³-hybridized carbons (Fsp3) is 0.833. The van der Waals surface area contributed by atoms with Crippen LogP contribution >= 0.6 is 0 Å². The summed E-state index contributed by atoms with van der Waals surface area (Å²) < 4.78 is 0. The smallest absolute Gasteiger partial charge is 0.320 e. The molecule has 1 unspecified atom stereocenters. The molecule has 4 nitrogen and oxygen atoms in total. The molecule has 1 aliphatic rings. The summed E-state index contributed by atoms with van der Waals surface area (Å²) in [6.07, 6.45) is 1.05. The number of aliphatic hydroxyl groups excluding tert-OH is 1. The van der Waals surface area contributed by atoms with Crippen LogP contribution in [-0.2, 0) is 0 Å². The van der Waals surface area contributed by atoms with Gasteiger partial charge in [0.05, 0.1) is 6.61 Å². The molecule has 0 spiro atoms. The number of carbonyl (C=O) groups excluding carboxylic acids is 1. The van der Waals surface area contributed by atoms with Gasteiger partial charge >= 0.3 is 6.03 Å². The lowest BCUT2D eigenvalue weighted by molar-refractivity contribution is 0.0878. The summed E-state index contributed by atoms with van der Waals surface area (Å²) in [6, 6.07) is -0.0686. The molecule has 10 heavy (non-hydrogen) atoms. The van der Waals surface area contributed by atoms with Crippen molar-refractivity contribution in [2.45, 2.75) is 19.5 Å². The maximum Gasteiger partial charge on any atom is 0.320 e. The largest absolute Gasteiger partial charge is 0.395 e. The molecule has 1 rings (SSSR count). The average molecular weight is 144 g/mol. The summed E-state index contributed by atoms with van der Waals surface area (Å²) in [5, 5.41) is 11.2. The van der Waals surface area contributed by atoms with E-state index in [0.717, 1.165) is 6.42 Å². The Bertz CT molecular complexity index is 138. The molecule has 0 saturated carbocycles. The number of nitrogens with zero attached hydrogens (tertiary/aromatic N) is 1. The molecule has 2 N–H and O–H groups in total. The van der Waals surface area contributed by atoms with E-state index in [1.807, 2.05) is 6.92 Å². The van der Waals surface area contributed by atoms with Crippen LogP contribution in [0.4, 0.5) is 4.79 Å². The Hall–Kier alpha value is -0.770. The molecule has 58 valence electrons. The monoisotopic (exact) mass is 144 g/mol. The SMILES string of the molecule is CCC1NC(=O)N1CCO. The highest BCUT2D eigenvalue weighted by Gasteiger charge is 2.32. The molecule has 0 bridgehead atoms. The van der Waals surface area contributed by atoms with E-state index in [1.165, 1.54) is 0 Å². The van der Waals surface area contributed by atoms with Crippen molar-refractivity contribution >= 4 is 6.03 Å². The van der Waals surface area contributed by atoms with Gasteiger partial charge in [0.1, 0.15) is 6.17 Å². The molecule has 1 atom stereocenters. The minimum Gasteiger partial charge on any atom is -0.395 e. The molecule has 0 aliphatic carbocycles. The van der Waals surface area contributed by atoms with Crippen LogP contribution in [0.1, 0.15) is 13.3 Å². The first-order valence-corrected chi connectivity index (χ1v) is 3.47. The minimum atomic E-state index is -0.0686. The molecule has 0 radical (unpaired) electrons. The third-order valence-electron chi connectivity index (χ3n) is 1.65.